The molecule has 31 heavy (non-hydrogen) atoms. The SMILES string of the molecule is CC(C)(C)OCC(=O)C(C)(C)C(C)(C)OC(CCCCC(=O)O)CCC(=O)C(C)(C)C. The molecule has 0 rings (SSSR count). The monoisotopic (exact) mass is 442 g/mol. The summed E-state index contributed by atoms with van der Waals surface area (Å²) in [4.78, 5) is 36.2. The van der Waals surface area contributed by atoms with Crippen molar-refractivity contribution in [3.8, 4) is 0 Å². The molecule has 0 saturated heterocycles. The zero-order chi connectivity index (χ0) is 24.7. The first-order chi connectivity index (χ1) is 13.8. The van der Waals surface area contributed by atoms with Gasteiger partial charge in [-0.2, -0.15) is 0 Å². The molecule has 0 radical (unpaired) electrons. The highest BCUT2D eigenvalue weighted by molar-refractivity contribution is 5.86. The van der Waals surface area contributed by atoms with Gasteiger partial charge in [-0.25, -0.2) is 0 Å². The summed E-state index contributed by atoms with van der Waals surface area (Å²) in [5.74, 6) is -0.688. The highest BCUT2D eigenvalue weighted by atomic mass is 16.5. The molecular formula is C25H46O6. The summed E-state index contributed by atoms with van der Waals surface area (Å²) in [5, 5.41) is 8.88. The molecule has 1 atom stereocenters. The van der Waals surface area contributed by atoms with Gasteiger partial charge in [-0.15, -0.1) is 0 Å². The Hall–Kier alpha value is -1.27. The van der Waals surface area contributed by atoms with Crippen LogP contribution in [0.2, 0.25) is 0 Å². The normalized spacial score (nSPS) is 14.4. The van der Waals surface area contributed by atoms with Gasteiger partial charge in [0.2, 0.25) is 0 Å². The molecule has 0 aliphatic carbocycles. The van der Waals surface area contributed by atoms with Gasteiger partial charge in [-0.3, -0.25) is 14.4 Å². The van der Waals surface area contributed by atoms with Gasteiger partial charge in [0, 0.05) is 18.3 Å². The maximum absolute atomic E-state index is 12.9. The second-order valence-corrected chi connectivity index (χ2v) is 11.6. The molecule has 0 aromatic rings. The van der Waals surface area contributed by atoms with E-state index in [2.05, 4.69) is 0 Å². The quantitative estimate of drug-likeness (QED) is 0.352. The van der Waals surface area contributed by atoms with E-state index < -0.39 is 28.0 Å². The molecule has 6 heteroatoms. The second-order valence-electron chi connectivity index (χ2n) is 11.6. The highest BCUT2D eigenvalue weighted by Crippen LogP contribution is 2.37. The number of hydrogen-bond acceptors (Lipinski definition) is 5. The number of unbranched alkanes of at least 4 members (excludes halogenated alkanes) is 1. The van der Waals surface area contributed by atoms with Crippen molar-refractivity contribution in [1.82, 2.24) is 0 Å². The van der Waals surface area contributed by atoms with Crippen LogP contribution in [0.15, 0.2) is 0 Å². The van der Waals surface area contributed by atoms with E-state index in [1.54, 1.807) is 0 Å². The van der Waals surface area contributed by atoms with E-state index in [-0.39, 0.29) is 30.7 Å². The van der Waals surface area contributed by atoms with Crippen LogP contribution in [-0.4, -0.2) is 46.6 Å². The van der Waals surface area contributed by atoms with E-state index in [0.717, 1.165) is 0 Å². The molecule has 182 valence electrons. The first kappa shape index (κ1) is 29.7. The molecule has 0 aliphatic heterocycles. The Kier molecular flexibility index (Phi) is 11.1. The van der Waals surface area contributed by atoms with Gasteiger partial charge in [0.25, 0.3) is 0 Å². The first-order valence-corrected chi connectivity index (χ1v) is 11.4. The number of carboxylic acid groups (broad SMARTS) is 1. The maximum atomic E-state index is 12.9. The number of ether oxygens (including phenoxy) is 2. The van der Waals surface area contributed by atoms with Crippen LogP contribution in [0.5, 0.6) is 0 Å². The Bertz CT molecular complexity index is 604. The van der Waals surface area contributed by atoms with Crippen molar-refractivity contribution in [2.24, 2.45) is 10.8 Å². The average molecular weight is 443 g/mol. The second kappa shape index (κ2) is 11.6. The maximum Gasteiger partial charge on any atom is 0.303 e. The van der Waals surface area contributed by atoms with Crippen molar-refractivity contribution >= 4 is 17.5 Å². The van der Waals surface area contributed by atoms with E-state index in [4.69, 9.17) is 14.6 Å². The van der Waals surface area contributed by atoms with Gasteiger partial charge in [0.15, 0.2) is 5.78 Å². The van der Waals surface area contributed by atoms with Crippen molar-refractivity contribution in [1.29, 1.82) is 0 Å². The third-order valence-electron chi connectivity index (χ3n) is 6.00. The summed E-state index contributed by atoms with van der Waals surface area (Å²) >= 11 is 0. The third kappa shape index (κ3) is 11.2. The molecule has 0 fully saturated rings. The lowest BCUT2D eigenvalue weighted by molar-refractivity contribution is -0.169. The van der Waals surface area contributed by atoms with E-state index in [1.165, 1.54) is 0 Å². The molecule has 0 saturated carbocycles. The Morgan fingerprint density at radius 2 is 1.32 bits per heavy atom. The van der Waals surface area contributed by atoms with Crippen molar-refractivity contribution in [3.05, 3.63) is 0 Å². The number of carboxylic acids is 1. The van der Waals surface area contributed by atoms with Crippen LogP contribution in [0.4, 0.5) is 0 Å². The van der Waals surface area contributed by atoms with Crippen LogP contribution in [0, 0.1) is 10.8 Å². The van der Waals surface area contributed by atoms with Crippen LogP contribution in [0.3, 0.4) is 0 Å². The molecule has 0 amide bonds. The van der Waals surface area contributed by atoms with Crippen LogP contribution in [0.1, 0.15) is 108 Å². The lowest BCUT2D eigenvalue weighted by Crippen LogP contribution is -2.50. The van der Waals surface area contributed by atoms with Gasteiger partial charge < -0.3 is 14.6 Å². The number of hydrogen-bond donors (Lipinski definition) is 1. The first-order valence-electron chi connectivity index (χ1n) is 11.4. The zero-order valence-corrected chi connectivity index (χ0v) is 21.5. The summed E-state index contributed by atoms with van der Waals surface area (Å²) in [6, 6.07) is 0. The number of carbonyl (C=O) groups excluding carboxylic acids is 2. The molecule has 0 spiro atoms. The van der Waals surface area contributed by atoms with E-state index in [0.29, 0.717) is 32.1 Å². The predicted octanol–water partition coefficient (Wildman–Crippen LogP) is 5.60. The Morgan fingerprint density at radius 1 is 0.774 bits per heavy atom. The molecular weight excluding hydrogens is 396 g/mol. The van der Waals surface area contributed by atoms with Gasteiger partial charge in [-0.05, 0) is 53.9 Å². The summed E-state index contributed by atoms with van der Waals surface area (Å²) in [5.41, 5.74) is -2.40. The number of rotatable bonds is 14. The number of ketones is 2. The Balaban J connectivity index is 5.28. The van der Waals surface area contributed by atoms with E-state index in [1.807, 2.05) is 69.2 Å². The molecule has 0 heterocycles. The standard InChI is InChI=1S/C25H46O6/c1-22(2,3)19(26)16-15-18(13-11-12-14-21(28)29)31-25(9,10)24(7,8)20(27)17-30-23(4,5)6/h18H,11-17H2,1-10H3,(H,28,29). The van der Waals surface area contributed by atoms with Crippen LogP contribution in [0.25, 0.3) is 0 Å². The van der Waals surface area contributed by atoms with Crippen molar-refractivity contribution < 1.29 is 29.0 Å². The van der Waals surface area contributed by atoms with E-state index in [9.17, 15) is 14.4 Å². The third-order valence-corrected chi connectivity index (χ3v) is 6.00. The number of aliphatic carboxylic acids is 1. The molecule has 0 bridgehead atoms. The summed E-state index contributed by atoms with van der Waals surface area (Å²) < 4.78 is 12.1. The molecule has 0 aromatic heterocycles. The largest absolute Gasteiger partial charge is 0.481 e. The van der Waals surface area contributed by atoms with Crippen LogP contribution in [-0.2, 0) is 23.9 Å². The molecule has 0 aliphatic rings. The Labute approximate surface area is 189 Å². The smallest absolute Gasteiger partial charge is 0.303 e. The van der Waals surface area contributed by atoms with Crippen molar-refractivity contribution in [2.45, 2.75) is 125 Å². The molecule has 1 N–H and O–H groups in total. The summed E-state index contributed by atoms with van der Waals surface area (Å²) in [7, 11) is 0. The predicted molar refractivity (Wildman–Crippen MR) is 123 cm³/mol. The lowest BCUT2D eigenvalue weighted by Gasteiger charge is -2.43. The van der Waals surface area contributed by atoms with Crippen LogP contribution < -0.4 is 0 Å². The van der Waals surface area contributed by atoms with Gasteiger partial charge >= 0.3 is 5.97 Å². The minimum atomic E-state index is -0.814. The van der Waals surface area contributed by atoms with Gasteiger partial charge in [-0.1, -0.05) is 41.0 Å². The fraction of sp³-hybridized carbons (Fsp3) is 0.880. The number of Topliss-reactive ketones (excluding diaryl/α,β-unsaturated/α-hetero) is 2. The van der Waals surface area contributed by atoms with Gasteiger partial charge in [0.05, 0.1) is 22.7 Å². The fourth-order valence-corrected chi connectivity index (χ4v) is 2.94. The number of carbonyl (C=O) groups is 3. The average Bonchev–Trinajstić information content (AvgIpc) is 2.58. The topological polar surface area (TPSA) is 89.9 Å². The minimum Gasteiger partial charge on any atom is -0.481 e. The van der Waals surface area contributed by atoms with Crippen LogP contribution >= 0.6 is 0 Å². The molecule has 6 nitrogen and oxygen atoms in total. The zero-order valence-electron chi connectivity index (χ0n) is 21.5. The molecule has 0 aromatic carbocycles. The van der Waals surface area contributed by atoms with Crippen molar-refractivity contribution in [2.75, 3.05) is 6.61 Å². The highest BCUT2D eigenvalue weighted by Gasteiger charge is 2.45. The fourth-order valence-electron chi connectivity index (χ4n) is 2.94. The van der Waals surface area contributed by atoms with Gasteiger partial charge in [0.1, 0.15) is 12.4 Å². The summed E-state index contributed by atoms with van der Waals surface area (Å²) in [6.07, 6.45) is 2.73. The van der Waals surface area contributed by atoms with Crippen molar-refractivity contribution in [3.63, 3.8) is 0 Å². The van der Waals surface area contributed by atoms with E-state index >= 15 is 0 Å². The Morgan fingerprint density at radius 3 is 1.77 bits per heavy atom. The lowest BCUT2D eigenvalue weighted by atomic mass is 9.73. The minimum absolute atomic E-state index is 0.00901. The molecule has 1 unspecified atom stereocenters. The summed E-state index contributed by atoms with van der Waals surface area (Å²) in [6.45, 7) is 19.0.